The average molecular weight is 885 g/mol. The number of furan rings is 2. The van der Waals surface area contributed by atoms with Crippen molar-refractivity contribution in [1.82, 2.24) is 4.57 Å². The fourth-order valence-electron chi connectivity index (χ4n) is 10.4. The number of rotatable bonds is 4. The lowest BCUT2D eigenvalue weighted by atomic mass is 9.88. The van der Waals surface area contributed by atoms with Crippen LogP contribution in [0.4, 0.5) is 17.1 Å². The minimum absolute atomic E-state index is 0.251. The first-order chi connectivity index (χ1) is 31.5. The smallest absolute Gasteiger partial charge is 0.160 e. The highest BCUT2D eigenvalue weighted by atomic mass is 35.5. The van der Waals surface area contributed by atoms with Crippen LogP contribution in [0.1, 0.15) is 23.3 Å². The molecule has 0 radical (unpaired) electrons. The van der Waals surface area contributed by atoms with Crippen LogP contribution in [0.5, 0.6) is 0 Å². The molecule has 3 aromatic heterocycles. The van der Waals surface area contributed by atoms with E-state index in [9.17, 15) is 0 Å². The zero-order chi connectivity index (χ0) is 43.2. The Morgan fingerprint density at radius 2 is 1.39 bits per heavy atom. The van der Waals surface area contributed by atoms with Gasteiger partial charge in [0.15, 0.2) is 11.4 Å². The maximum atomic E-state index is 7.09. The maximum Gasteiger partial charge on any atom is 0.160 e. The molecule has 0 amide bonds. The molecule has 0 spiro atoms. The van der Waals surface area contributed by atoms with E-state index in [0.29, 0.717) is 16.6 Å². The van der Waals surface area contributed by atoms with E-state index in [0.717, 1.165) is 88.4 Å². The summed E-state index contributed by atoms with van der Waals surface area (Å²) in [6.45, 7) is 6.21. The van der Waals surface area contributed by atoms with Crippen LogP contribution < -0.4 is 4.90 Å². The quantitative estimate of drug-likeness (QED) is 0.0801. The Morgan fingerprint density at radius 3 is 2.20 bits per heavy atom. The number of aryl methyl sites for hydroxylation is 1. The number of thiol groups is 2. The lowest BCUT2D eigenvalue weighted by molar-refractivity contribution is 0.579. The minimum atomic E-state index is 0.251. The molecule has 0 fully saturated rings. The van der Waals surface area contributed by atoms with Crippen molar-refractivity contribution >= 4 is 145 Å². The van der Waals surface area contributed by atoms with E-state index in [1.165, 1.54) is 33.6 Å². The summed E-state index contributed by atoms with van der Waals surface area (Å²) in [4.78, 5) is 7.78. The van der Waals surface area contributed by atoms with Gasteiger partial charge in [-0.2, -0.15) is 0 Å². The molecule has 13 rings (SSSR count). The average Bonchev–Trinajstić information content (AvgIpc) is 4.09. The molecule has 0 bridgehead atoms. The molecule has 1 aliphatic carbocycles. The maximum absolute atomic E-state index is 7.09. The number of nitrogens with zero attached hydrogens (tertiary/aromatic N) is 3. The highest BCUT2D eigenvalue weighted by Crippen LogP contribution is 2.50. The van der Waals surface area contributed by atoms with Gasteiger partial charge in [0.05, 0.1) is 22.1 Å². The van der Waals surface area contributed by atoms with Gasteiger partial charge in [-0.05, 0) is 106 Å². The largest absolute Gasteiger partial charge is 0.459 e. The third kappa shape index (κ3) is 5.71. The number of benzene rings is 8. The highest BCUT2D eigenvalue weighted by molar-refractivity contribution is 8.59. The first-order valence-corrected chi connectivity index (χ1v) is 23.2. The molecule has 8 heteroatoms. The predicted molar refractivity (Wildman–Crippen MR) is 278 cm³/mol. The van der Waals surface area contributed by atoms with Crippen LogP contribution in [0, 0.1) is 6.92 Å². The Labute approximate surface area is 384 Å². The normalized spacial score (nSPS) is 15.0. The number of hydrogen-bond acceptors (Lipinski definition) is 6. The molecular formula is C56H38ClN3O2S2. The van der Waals surface area contributed by atoms with Crippen molar-refractivity contribution in [2.45, 2.75) is 19.4 Å². The Morgan fingerprint density at radius 1 is 0.688 bits per heavy atom. The molecule has 0 saturated carbocycles. The van der Waals surface area contributed by atoms with Crippen molar-refractivity contribution in [3.05, 3.63) is 198 Å². The number of aliphatic imine (C=N–C) groups is 1. The Bertz CT molecular complexity index is 3850. The third-order valence-corrected chi connectivity index (χ3v) is 13.2. The van der Waals surface area contributed by atoms with Crippen LogP contribution in [0.3, 0.4) is 0 Å². The van der Waals surface area contributed by atoms with E-state index in [1.807, 2.05) is 31.2 Å². The fourth-order valence-corrected chi connectivity index (χ4v) is 10.5. The van der Waals surface area contributed by atoms with Gasteiger partial charge in [0.1, 0.15) is 22.6 Å². The van der Waals surface area contributed by atoms with Crippen molar-refractivity contribution < 1.29 is 8.83 Å². The summed E-state index contributed by atoms with van der Waals surface area (Å²) in [7, 11) is 0. The van der Waals surface area contributed by atoms with E-state index in [4.69, 9.17) is 25.4 Å². The molecule has 308 valence electrons. The molecule has 11 aromatic rings. The zero-order valence-electron chi connectivity index (χ0n) is 34.6. The fraction of sp³-hybridized carbons (Fsp3) is 0.0536. The van der Waals surface area contributed by atoms with Crippen LogP contribution in [0.15, 0.2) is 195 Å². The van der Waals surface area contributed by atoms with Crippen molar-refractivity contribution in [2.75, 3.05) is 4.90 Å². The molecule has 1 atom stereocenters. The number of aromatic nitrogens is 1. The molecule has 4 heterocycles. The molecular weight excluding hydrogens is 846 g/mol. The number of hydrogen-bond donors (Lipinski definition) is 2. The summed E-state index contributed by atoms with van der Waals surface area (Å²) in [6.07, 6.45) is 5.73. The summed E-state index contributed by atoms with van der Waals surface area (Å²) in [5.74, 6) is 1.21. The summed E-state index contributed by atoms with van der Waals surface area (Å²) >= 11 is 13.5. The topological polar surface area (TPSA) is 46.8 Å². The molecule has 1 unspecified atom stereocenters. The Balaban J connectivity index is 0.00000214. The lowest BCUT2D eigenvalue weighted by Crippen LogP contribution is -2.27. The SMILES string of the molecule is C=C(Cl)C(=Nc1c(C)oc2ccccc12)n1c2ccccc2c2c3ccccc3c3c(oc4ccc5cc(C6=CCC7C(=C6)c6ccccc6N7c6ccccc6)ccc5c43)c21.SS. The van der Waals surface area contributed by atoms with Crippen LogP contribution in [0.2, 0.25) is 0 Å². The Kier molecular flexibility index (Phi) is 9.16. The number of anilines is 2. The molecule has 64 heavy (non-hydrogen) atoms. The molecule has 2 aliphatic rings. The van der Waals surface area contributed by atoms with Crippen LogP contribution in [-0.2, 0) is 0 Å². The van der Waals surface area contributed by atoms with Crippen molar-refractivity contribution in [3.8, 4) is 0 Å². The molecule has 8 aromatic carbocycles. The van der Waals surface area contributed by atoms with Crippen molar-refractivity contribution in [3.63, 3.8) is 0 Å². The first-order valence-electron chi connectivity index (χ1n) is 21.2. The lowest BCUT2D eigenvalue weighted by Gasteiger charge is -2.29. The second-order valence-electron chi connectivity index (χ2n) is 16.4. The van der Waals surface area contributed by atoms with E-state index >= 15 is 0 Å². The van der Waals surface area contributed by atoms with Gasteiger partial charge in [0, 0.05) is 43.9 Å². The summed E-state index contributed by atoms with van der Waals surface area (Å²) < 4.78 is 15.4. The van der Waals surface area contributed by atoms with Gasteiger partial charge in [-0.15, -0.1) is 23.3 Å². The second-order valence-corrected chi connectivity index (χ2v) is 16.8. The second kappa shape index (κ2) is 15.1. The number of halogens is 1. The van der Waals surface area contributed by atoms with Crippen molar-refractivity contribution in [2.24, 2.45) is 4.99 Å². The molecule has 1 aliphatic heterocycles. The monoisotopic (exact) mass is 883 g/mol. The number of allylic oxidation sites excluding steroid dienone is 3. The van der Waals surface area contributed by atoms with Gasteiger partial charge in [-0.25, -0.2) is 4.99 Å². The van der Waals surface area contributed by atoms with Crippen LogP contribution in [-0.4, -0.2) is 16.4 Å². The molecule has 5 nitrogen and oxygen atoms in total. The van der Waals surface area contributed by atoms with E-state index in [2.05, 4.69) is 185 Å². The van der Waals surface area contributed by atoms with E-state index in [-0.39, 0.29) is 6.04 Å². The summed E-state index contributed by atoms with van der Waals surface area (Å²) in [6, 6.07) is 56.0. The van der Waals surface area contributed by atoms with Gasteiger partial charge in [0.25, 0.3) is 0 Å². The third-order valence-electron chi connectivity index (χ3n) is 13.0. The van der Waals surface area contributed by atoms with Gasteiger partial charge in [-0.1, -0.05) is 133 Å². The summed E-state index contributed by atoms with van der Waals surface area (Å²) in [5, 5.41) is 10.0. The standard InChI is InChI=1S/C56H36ClN3O2.H2S2/c1-32(57)56(58-53-33(2)61-48-23-13-10-20-43(48)53)60-46-22-12-9-19-42(46)50-40-17-6-7-18-41(40)52-51-38-27-24-34(30-36(38)26-29-49(51)62-55(52)54(50)60)35-25-28-47-44(31-35)39-16-8-11-21-45(39)59(47)37-14-4-3-5-15-37;1-2/h3-27,29-31,47H,1,28H2,2H3;1-2H. The highest BCUT2D eigenvalue weighted by Gasteiger charge is 2.36. The minimum Gasteiger partial charge on any atom is -0.459 e. The van der Waals surface area contributed by atoms with Crippen molar-refractivity contribution in [1.29, 1.82) is 0 Å². The van der Waals surface area contributed by atoms with Crippen LogP contribution in [0.25, 0.3) is 87.4 Å². The van der Waals surface area contributed by atoms with Gasteiger partial charge in [0.2, 0.25) is 0 Å². The number of fused-ring (bicyclic) bond motifs is 16. The van der Waals surface area contributed by atoms with Gasteiger partial charge in [-0.3, -0.25) is 4.57 Å². The van der Waals surface area contributed by atoms with Crippen LogP contribution >= 0.6 is 34.9 Å². The first kappa shape index (κ1) is 38.7. The van der Waals surface area contributed by atoms with Gasteiger partial charge < -0.3 is 13.7 Å². The Hall–Kier alpha value is -6.90. The molecule has 0 N–H and O–H groups in total. The van der Waals surface area contributed by atoms with E-state index in [1.54, 1.807) is 0 Å². The van der Waals surface area contributed by atoms with Gasteiger partial charge >= 0.3 is 0 Å². The predicted octanol–water partition coefficient (Wildman–Crippen LogP) is 16.5. The zero-order valence-corrected chi connectivity index (χ0v) is 37.1. The van der Waals surface area contributed by atoms with E-state index < -0.39 is 0 Å². The summed E-state index contributed by atoms with van der Waals surface area (Å²) in [5.41, 5.74) is 12.5. The number of para-hydroxylation sites is 4. The molecule has 0 saturated heterocycles.